The highest BCUT2D eigenvalue weighted by molar-refractivity contribution is 7.07. The van der Waals surface area contributed by atoms with E-state index in [2.05, 4.69) is 22.6 Å². The summed E-state index contributed by atoms with van der Waals surface area (Å²) in [7, 11) is 0. The van der Waals surface area contributed by atoms with Crippen LogP contribution in [0, 0.1) is 0 Å². The SMILES string of the molecule is CCC1(c2cscn2)CCCCCN1. The second-order valence-corrected chi connectivity index (χ2v) is 4.77. The Bertz CT molecular complexity index is 261. The smallest absolute Gasteiger partial charge is 0.0795 e. The molecular formula is C11H18N2S. The molecular weight excluding hydrogens is 192 g/mol. The summed E-state index contributed by atoms with van der Waals surface area (Å²) in [5, 5.41) is 5.89. The van der Waals surface area contributed by atoms with E-state index in [1.54, 1.807) is 11.3 Å². The number of hydrogen-bond donors (Lipinski definition) is 1. The molecule has 1 atom stereocenters. The van der Waals surface area contributed by atoms with E-state index >= 15 is 0 Å². The molecule has 2 heterocycles. The molecule has 2 rings (SSSR count). The molecule has 0 amide bonds. The highest BCUT2D eigenvalue weighted by atomic mass is 32.1. The number of nitrogens with one attached hydrogen (secondary N) is 1. The Hall–Kier alpha value is -0.410. The van der Waals surface area contributed by atoms with E-state index in [4.69, 9.17) is 0 Å². The van der Waals surface area contributed by atoms with Crippen LogP contribution in [0.4, 0.5) is 0 Å². The number of nitrogens with zero attached hydrogens (tertiary/aromatic N) is 1. The molecule has 1 unspecified atom stereocenters. The molecule has 78 valence electrons. The van der Waals surface area contributed by atoms with Crippen molar-refractivity contribution in [2.75, 3.05) is 6.54 Å². The van der Waals surface area contributed by atoms with Crippen molar-refractivity contribution >= 4 is 11.3 Å². The van der Waals surface area contributed by atoms with Crippen molar-refractivity contribution in [3.8, 4) is 0 Å². The third kappa shape index (κ3) is 1.84. The fourth-order valence-electron chi connectivity index (χ4n) is 2.30. The van der Waals surface area contributed by atoms with Crippen LogP contribution in [-0.4, -0.2) is 11.5 Å². The maximum absolute atomic E-state index is 4.48. The summed E-state index contributed by atoms with van der Waals surface area (Å²) in [6.45, 7) is 3.41. The molecule has 1 saturated heterocycles. The lowest BCUT2D eigenvalue weighted by Gasteiger charge is -2.31. The second kappa shape index (κ2) is 4.41. The van der Waals surface area contributed by atoms with E-state index in [1.165, 1.54) is 31.4 Å². The maximum Gasteiger partial charge on any atom is 0.0795 e. The second-order valence-electron chi connectivity index (χ2n) is 4.05. The Morgan fingerprint density at radius 3 is 3.14 bits per heavy atom. The molecule has 1 aromatic heterocycles. The quantitative estimate of drug-likeness (QED) is 0.812. The standard InChI is InChI=1S/C11H18N2S/c1-2-11(10-8-14-9-12-10)6-4-3-5-7-13-11/h8-9,13H,2-7H2,1H3. The van der Waals surface area contributed by atoms with Crippen LogP contribution in [0.1, 0.15) is 44.7 Å². The first kappa shape index (κ1) is 10.1. The van der Waals surface area contributed by atoms with Gasteiger partial charge < -0.3 is 5.32 Å². The normalized spacial score (nSPS) is 28.6. The van der Waals surface area contributed by atoms with Gasteiger partial charge in [0.2, 0.25) is 0 Å². The van der Waals surface area contributed by atoms with Gasteiger partial charge in [-0.15, -0.1) is 11.3 Å². The van der Waals surface area contributed by atoms with Gasteiger partial charge in [0.05, 0.1) is 16.7 Å². The predicted octanol–water partition coefficient (Wildman–Crippen LogP) is 2.91. The first-order chi connectivity index (χ1) is 6.87. The summed E-state index contributed by atoms with van der Waals surface area (Å²) < 4.78 is 0. The van der Waals surface area contributed by atoms with Gasteiger partial charge in [0, 0.05) is 5.38 Å². The van der Waals surface area contributed by atoms with Gasteiger partial charge in [0.1, 0.15) is 0 Å². The molecule has 1 aliphatic rings. The van der Waals surface area contributed by atoms with Crippen LogP contribution in [0.25, 0.3) is 0 Å². The minimum Gasteiger partial charge on any atom is -0.306 e. The fourth-order valence-corrected chi connectivity index (χ4v) is 2.95. The molecule has 1 aromatic rings. The van der Waals surface area contributed by atoms with Crippen LogP contribution in [0.15, 0.2) is 10.9 Å². The Labute approximate surface area is 89.8 Å². The van der Waals surface area contributed by atoms with Crippen LogP contribution in [0.3, 0.4) is 0 Å². The van der Waals surface area contributed by atoms with Crippen molar-refractivity contribution in [2.24, 2.45) is 0 Å². The van der Waals surface area contributed by atoms with Crippen molar-refractivity contribution in [3.63, 3.8) is 0 Å². The largest absolute Gasteiger partial charge is 0.306 e. The molecule has 1 N–H and O–H groups in total. The van der Waals surface area contributed by atoms with Crippen LogP contribution >= 0.6 is 11.3 Å². The van der Waals surface area contributed by atoms with E-state index in [9.17, 15) is 0 Å². The van der Waals surface area contributed by atoms with Crippen molar-refractivity contribution in [1.29, 1.82) is 0 Å². The van der Waals surface area contributed by atoms with Crippen molar-refractivity contribution in [3.05, 3.63) is 16.6 Å². The van der Waals surface area contributed by atoms with E-state index in [0.717, 1.165) is 13.0 Å². The van der Waals surface area contributed by atoms with Crippen LogP contribution in [0.2, 0.25) is 0 Å². The molecule has 0 saturated carbocycles. The van der Waals surface area contributed by atoms with Crippen LogP contribution in [0.5, 0.6) is 0 Å². The average molecular weight is 210 g/mol. The minimum absolute atomic E-state index is 0.177. The number of rotatable bonds is 2. The van der Waals surface area contributed by atoms with Crippen molar-refractivity contribution in [2.45, 2.75) is 44.6 Å². The lowest BCUT2D eigenvalue weighted by Crippen LogP contribution is -2.41. The monoisotopic (exact) mass is 210 g/mol. The fraction of sp³-hybridized carbons (Fsp3) is 0.727. The van der Waals surface area contributed by atoms with Gasteiger partial charge in [-0.1, -0.05) is 19.8 Å². The van der Waals surface area contributed by atoms with Crippen LogP contribution in [-0.2, 0) is 5.54 Å². The van der Waals surface area contributed by atoms with Gasteiger partial charge in [-0.25, -0.2) is 4.98 Å². The van der Waals surface area contributed by atoms with Crippen molar-refractivity contribution in [1.82, 2.24) is 10.3 Å². The third-order valence-electron chi connectivity index (χ3n) is 3.27. The molecule has 0 bridgehead atoms. The zero-order valence-corrected chi connectivity index (χ0v) is 9.57. The lowest BCUT2D eigenvalue weighted by atomic mass is 9.88. The summed E-state index contributed by atoms with van der Waals surface area (Å²) in [5.41, 5.74) is 3.38. The Morgan fingerprint density at radius 1 is 1.50 bits per heavy atom. The molecule has 1 aliphatic heterocycles. The molecule has 2 nitrogen and oxygen atoms in total. The lowest BCUT2D eigenvalue weighted by molar-refractivity contribution is 0.305. The minimum atomic E-state index is 0.177. The zero-order valence-electron chi connectivity index (χ0n) is 8.75. The molecule has 0 aromatic carbocycles. The first-order valence-electron chi connectivity index (χ1n) is 5.51. The van der Waals surface area contributed by atoms with Gasteiger partial charge in [0.15, 0.2) is 0 Å². The molecule has 14 heavy (non-hydrogen) atoms. The van der Waals surface area contributed by atoms with E-state index in [0.29, 0.717) is 0 Å². The van der Waals surface area contributed by atoms with Gasteiger partial charge in [-0.05, 0) is 25.8 Å². The summed E-state index contributed by atoms with van der Waals surface area (Å²) in [4.78, 5) is 4.48. The zero-order chi connectivity index (χ0) is 9.86. The van der Waals surface area contributed by atoms with Gasteiger partial charge in [-0.2, -0.15) is 0 Å². The third-order valence-corrected chi connectivity index (χ3v) is 3.86. The topological polar surface area (TPSA) is 24.9 Å². The van der Waals surface area contributed by atoms with Crippen LogP contribution < -0.4 is 5.32 Å². The summed E-state index contributed by atoms with van der Waals surface area (Å²) in [5.74, 6) is 0. The predicted molar refractivity (Wildman–Crippen MR) is 60.6 cm³/mol. The van der Waals surface area contributed by atoms with E-state index in [1.807, 2.05) is 5.51 Å². The highest BCUT2D eigenvalue weighted by Gasteiger charge is 2.32. The van der Waals surface area contributed by atoms with E-state index in [-0.39, 0.29) is 5.54 Å². The van der Waals surface area contributed by atoms with Crippen molar-refractivity contribution < 1.29 is 0 Å². The number of aromatic nitrogens is 1. The van der Waals surface area contributed by atoms with Gasteiger partial charge in [0.25, 0.3) is 0 Å². The molecule has 1 fully saturated rings. The summed E-state index contributed by atoms with van der Waals surface area (Å²) in [6, 6.07) is 0. The Balaban J connectivity index is 2.23. The molecule has 0 spiro atoms. The Morgan fingerprint density at radius 2 is 2.43 bits per heavy atom. The highest BCUT2D eigenvalue weighted by Crippen LogP contribution is 2.32. The van der Waals surface area contributed by atoms with Gasteiger partial charge >= 0.3 is 0 Å². The molecule has 0 radical (unpaired) electrons. The number of hydrogen-bond acceptors (Lipinski definition) is 3. The molecule has 0 aliphatic carbocycles. The summed E-state index contributed by atoms with van der Waals surface area (Å²) in [6.07, 6.45) is 6.40. The maximum atomic E-state index is 4.48. The number of thiazole rings is 1. The first-order valence-corrected chi connectivity index (χ1v) is 6.45. The Kier molecular flexibility index (Phi) is 3.19. The molecule has 3 heteroatoms. The summed E-state index contributed by atoms with van der Waals surface area (Å²) >= 11 is 1.70. The average Bonchev–Trinajstić information content (AvgIpc) is 2.64. The van der Waals surface area contributed by atoms with Gasteiger partial charge in [-0.3, -0.25) is 0 Å². The van der Waals surface area contributed by atoms with E-state index < -0.39 is 0 Å².